The van der Waals surface area contributed by atoms with Gasteiger partial charge in [-0.05, 0) is 19.1 Å². The van der Waals surface area contributed by atoms with Crippen molar-refractivity contribution in [2.75, 3.05) is 5.75 Å². The normalized spacial score (nSPS) is 11.6. The van der Waals surface area contributed by atoms with E-state index in [0.717, 1.165) is 5.75 Å². The lowest BCUT2D eigenvalue weighted by atomic mass is 10.0. The van der Waals surface area contributed by atoms with E-state index in [9.17, 15) is 9.59 Å². The molecule has 0 heterocycles. The van der Waals surface area contributed by atoms with Gasteiger partial charge >= 0.3 is 11.9 Å². The fourth-order valence-corrected chi connectivity index (χ4v) is 5.26. The van der Waals surface area contributed by atoms with Crippen LogP contribution in [0.1, 0.15) is 181 Å². The molecule has 0 aliphatic rings. The molecular weight excluding hydrogens is 480 g/mol. The van der Waals surface area contributed by atoms with E-state index in [1.54, 1.807) is 25.6 Å². The lowest BCUT2D eigenvalue weighted by molar-refractivity contribution is -0.137. The number of carboxylic acid groups (broad SMARTS) is 2. The molecule has 1 unspecified atom stereocenters. The van der Waals surface area contributed by atoms with Gasteiger partial charge in [0.2, 0.25) is 0 Å². The van der Waals surface area contributed by atoms with E-state index < -0.39 is 11.9 Å². The SMILES string of the molecule is CCC(=O)O.CCCCCCCCCCCCCCCCCCCCCCCCCCSC(C)C(=O)O. The predicted molar refractivity (Wildman–Crippen MR) is 164 cm³/mol. The molecule has 0 aromatic heterocycles. The van der Waals surface area contributed by atoms with Crippen LogP contribution in [0.3, 0.4) is 0 Å². The quantitative estimate of drug-likeness (QED) is 0.0958. The minimum Gasteiger partial charge on any atom is -0.481 e. The maximum Gasteiger partial charge on any atom is 0.316 e. The molecule has 2 N–H and O–H groups in total. The standard InChI is InChI=1S/C29H58O2S.C3H6O2/c1-3-4-5-6-7-8-9-10-11-12-13-14-15-16-17-18-19-20-21-22-23-24-25-26-27-32-28(2)29(30)31;1-2-3(4)5/h28H,3-27H2,1-2H3,(H,30,31);2H2,1H3,(H,4,5). The Balaban J connectivity index is 0. The Morgan fingerprint density at radius 2 is 0.757 bits per heavy atom. The molecule has 0 aliphatic carbocycles. The second kappa shape index (κ2) is 33.3. The van der Waals surface area contributed by atoms with Crippen molar-refractivity contribution in [3.05, 3.63) is 0 Å². The van der Waals surface area contributed by atoms with Gasteiger partial charge in [-0.25, -0.2) is 0 Å². The minimum atomic E-state index is -0.745. The minimum absolute atomic E-state index is 0.222. The van der Waals surface area contributed by atoms with E-state index in [0.29, 0.717) is 0 Å². The van der Waals surface area contributed by atoms with Gasteiger partial charge in [-0.2, -0.15) is 0 Å². The molecule has 0 aliphatic heterocycles. The third-order valence-electron chi connectivity index (χ3n) is 7.02. The summed E-state index contributed by atoms with van der Waals surface area (Å²) in [5.41, 5.74) is 0. The molecular formula is C32H64O4S. The summed E-state index contributed by atoms with van der Waals surface area (Å²) in [4.78, 5) is 20.1. The Morgan fingerprint density at radius 1 is 0.514 bits per heavy atom. The zero-order valence-corrected chi connectivity index (χ0v) is 25.9. The molecule has 4 nitrogen and oxygen atoms in total. The molecule has 5 heteroatoms. The molecule has 0 bridgehead atoms. The molecule has 0 spiro atoms. The molecule has 37 heavy (non-hydrogen) atoms. The molecule has 0 saturated heterocycles. The first-order chi connectivity index (χ1) is 18.0. The van der Waals surface area contributed by atoms with Crippen LogP contribution in [0.25, 0.3) is 0 Å². The molecule has 1 atom stereocenters. The third kappa shape index (κ3) is 37.5. The highest BCUT2D eigenvalue weighted by atomic mass is 32.2. The van der Waals surface area contributed by atoms with Gasteiger partial charge in [0.1, 0.15) is 0 Å². The monoisotopic (exact) mass is 544 g/mol. The van der Waals surface area contributed by atoms with Crippen molar-refractivity contribution in [3.63, 3.8) is 0 Å². The van der Waals surface area contributed by atoms with Crippen molar-refractivity contribution in [2.45, 2.75) is 187 Å². The van der Waals surface area contributed by atoms with Gasteiger partial charge in [0.05, 0.1) is 5.25 Å². The van der Waals surface area contributed by atoms with Crippen LogP contribution >= 0.6 is 11.8 Å². The van der Waals surface area contributed by atoms with Crippen molar-refractivity contribution >= 4 is 23.7 Å². The lowest BCUT2D eigenvalue weighted by Gasteiger charge is -2.06. The van der Waals surface area contributed by atoms with Gasteiger partial charge in [0.25, 0.3) is 0 Å². The largest absolute Gasteiger partial charge is 0.481 e. The first-order valence-corrected chi connectivity index (χ1v) is 17.1. The van der Waals surface area contributed by atoms with Gasteiger partial charge in [0.15, 0.2) is 0 Å². The van der Waals surface area contributed by atoms with Gasteiger partial charge in [-0.15, -0.1) is 11.8 Å². The zero-order chi connectivity index (χ0) is 27.8. The summed E-state index contributed by atoms with van der Waals surface area (Å²) in [7, 11) is 0. The van der Waals surface area contributed by atoms with E-state index in [4.69, 9.17) is 10.2 Å². The van der Waals surface area contributed by atoms with Crippen molar-refractivity contribution in [2.24, 2.45) is 0 Å². The van der Waals surface area contributed by atoms with Crippen LogP contribution in [0.2, 0.25) is 0 Å². The van der Waals surface area contributed by atoms with Crippen LogP contribution < -0.4 is 0 Å². The van der Waals surface area contributed by atoms with Crippen LogP contribution in [-0.2, 0) is 9.59 Å². The molecule has 0 radical (unpaired) electrons. The number of aliphatic carboxylic acids is 2. The Kier molecular flexibility index (Phi) is 34.6. The summed E-state index contributed by atoms with van der Waals surface area (Å²) in [6.07, 6.45) is 34.2. The highest BCUT2D eigenvalue weighted by Gasteiger charge is 2.09. The Morgan fingerprint density at radius 3 is 0.973 bits per heavy atom. The van der Waals surface area contributed by atoms with Crippen molar-refractivity contribution in [1.29, 1.82) is 0 Å². The van der Waals surface area contributed by atoms with E-state index in [2.05, 4.69) is 6.92 Å². The maximum absolute atomic E-state index is 10.7. The van der Waals surface area contributed by atoms with Crippen LogP contribution in [0.15, 0.2) is 0 Å². The van der Waals surface area contributed by atoms with Gasteiger partial charge in [0, 0.05) is 6.42 Å². The lowest BCUT2D eigenvalue weighted by Crippen LogP contribution is -2.11. The average molecular weight is 545 g/mol. The smallest absolute Gasteiger partial charge is 0.316 e. The van der Waals surface area contributed by atoms with Crippen molar-refractivity contribution in [3.8, 4) is 0 Å². The zero-order valence-electron chi connectivity index (χ0n) is 25.1. The third-order valence-corrected chi connectivity index (χ3v) is 8.24. The summed E-state index contributed by atoms with van der Waals surface area (Å²) in [5.74, 6) is -0.434. The first kappa shape index (κ1) is 38.4. The topological polar surface area (TPSA) is 74.6 Å². The molecule has 222 valence electrons. The number of unbranched alkanes of at least 4 members (excludes halogenated alkanes) is 23. The van der Waals surface area contributed by atoms with Gasteiger partial charge in [-0.3, -0.25) is 9.59 Å². The van der Waals surface area contributed by atoms with Crippen LogP contribution in [-0.4, -0.2) is 33.2 Å². The van der Waals surface area contributed by atoms with Gasteiger partial charge in [-0.1, -0.05) is 162 Å². The maximum atomic E-state index is 10.7. The van der Waals surface area contributed by atoms with E-state index in [1.807, 2.05) is 0 Å². The highest BCUT2D eigenvalue weighted by Crippen LogP contribution is 2.17. The summed E-state index contributed by atoms with van der Waals surface area (Å²) < 4.78 is 0. The number of hydrogen-bond donors (Lipinski definition) is 2. The molecule has 0 aromatic carbocycles. The average Bonchev–Trinajstić information content (AvgIpc) is 2.88. The number of carbonyl (C=O) groups is 2. The van der Waals surface area contributed by atoms with Crippen molar-refractivity contribution < 1.29 is 19.8 Å². The number of hydrogen-bond acceptors (Lipinski definition) is 3. The fraction of sp³-hybridized carbons (Fsp3) is 0.938. The molecule has 0 saturated carbocycles. The van der Waals surface area contributed by atoms with Crippen LogP contribution in [0, 0.1) is 0 Å². The van der Waals surface area contributed by atoms with Gasteiger partial charge < -0.3 is 10.2 Å². The highest BCUT2D eigenvalue weighted by molar-refractivity contribution is 8.00. The second-order valence-corrected chi connectivity index (χ2v) is 12.2. The van der Waals surface area contributed by atoms with E-state index >= 15 is 0 Å². The summed E-state index contributed by atoms with van der Waals surface area (Å²) in [5, 5.41) is 16.3. The van der Waals surface area contributed by atoms with Crippen molar-refractivity contribution in [1.82, 2.24) is 0 Å². The van der Waals surface area contributed by atoms with E-state index in [-0.39, 0.29) is 11.7 Å². The van der Waals surface area contributed by atoms with Crippen LogP contribution in [0.4, 0.5) is 0 Å². The Hall–Kier alpha value is -0.710. The Labute approximate surface area is 235 Å². The number of rotatable bonds is 28. The Bertz CT molecular complexity index is 470. The van der Waals surface area contributed by atoms with Crippen LogP contribution in [0.5, 0.6) is 0 Å². The number of carboxylic acids is 2. The molecule has 0 aromatic rings. The molecule has 0 amide bonds. The second-order valence-electron chi connectivity index (χ2n) is 10.7. The molecule has 0 fully saturated rings. The van der Waals surface area contributed by atoms with E-state index in [1.165, 1.54) is 154 Å². The first-order valence-electron chi connectivity index (χ1n) is 16.0. The summed E-state index contributed by atoms with van der Waals surface area (Å²) in [6, 6.07) is 0. The fourth-order valence-electron chi connectivity index (χ4n) is 4.40. The molecule has 0 rings (SSSR count). The predicted octanol–water partition coefficient (Wildman–Crippen LogP) is 11.1. The summed E-state index contributed by atoms with van der Waals surface area (Å²) in [6.45, 7) is 5.68. The summed E-state index contributed by atoms with van der Waals surface area (Å²) >= 11 is 1.58. The number of thioether (sulfide) groups is 1.